The lowest BCUT2D eigenvalue weighted by atomic mass is 9.80. The van der Waals surface area contributed by atoms with Gasteiger partial charge in [0.05, 0.1) is 0 Å². The van der Waals surface area contributed by atoms with Crippen LogP contribution in [-0.4, -0.2) is 0 Å². The van der Waals surface area contributed by atoms with Gasteiger partial charge in [-0.2, -0.15) is 0 Å². The van der Waals surface area contributed by atoms with E-state index in [4.69, 9.17) is 0 Å². The van der Waals surface area contributed by atoms with Gasteiger partial charge in [-0.15, -0.1) is 0 Å². The monoisotopic (exact) mass is 698 g/mol. The maximum absolute atomic E-state index is 2.46. The molecule has 0 N–H and O–H groups in total. The second-order valence-corrected chi connectivity index (χ2v) is 15.7. The SMILES string of the molecule is CC1(C)c2ccccc2-c2c(-c3c4ccccc4c(-c4ccc(-c5ccc6ccccc6c5)cc4)c4ccc(-c5ccc6ccccc6c5)cc34)cccc21. The van der Waals surface area contributed by atoms with Gasteiger partial charge in [0.15, 0.2) is 0 Å². The van der Waals surface area contributed by atoms with Gasteiger partial charge in [0.2, 0.25) is 0 Å². The van der Waals surface area contributed by atoms with Crippen molar-refractivity contribution in [3.05, 3.63) is 205 Å². The molecule has 0 heteroatoms. The maximum Gasteiger partial charge on any atom is 0.0159 e. The van der Waals surface area contributed by atoms with E-state index in [1.54, 1.807) is 0 Å². The molecule has 55 heavy (non-hydrogen) atoms. The summed E-state index contributed by atoms with van der Waals surface area (Å²) in [5, 5.41) is 10.1. The molecule has 0 nitrogen and oxygen atoms in total. The molecule has 0 atom stereocenters. The molecule has 0 amide bonds. The van der Waals surface area contributed by atoms with Crippen LogP contribution in [0.4, 0.5) is 0 Å². The van der Waals surface area contributed by atoms with Crippen LogP contribution >= 0.6 is 0 Å². The zero-order chi connectivity index (χ0) is 36.7. The van der Waals surface area contributed by atoms with E-state index < -0.39 is 0 Å². The van der Waals surface area contributed by atoms with Crippen molar-refractivity contribution >= 4 is 43.1 Å². The third-order valence-electron chi connectivity index (χ3n) is 12.2. The molecular formula is C55H38. The third-order valence-corrected chi connectivity index (χ3v) is 12.2. The quantitative estimate of drug-likeness (QED) is 0.161. The lowest BCUT2D eigenvalue weighted by Crippen LogP contribution is -2.14. The molecule has 0 spiro atoms. The summed E-state index contributed by atoms with van der Waals surface area (Å²) in [6.45, 7) is 4.75. The van der Waals surface area contributed by atoms with Crippen LogP contribution in [0.5, 0.6) is 0 Å². The van der Waals surface area contributed by atoms with Crippen molar-refractivity contribution in [1.29, 1.82) is 0 Å². The predicted octanol–water partition coefficient (Wildman–Crippen LogP) is 15.3. The first-order chi connectivity index (χ1) is 27.0. The number of hydrogen-bond donors (Lipinski definition) is 0. The Morgan fingerprint density at radius 3 is 1.45 bits per heavy atom. The fraction of sp³-hybridized carbons (Fsp3) is 0.0545. The molecule has 0 aromatic heterocycles. The molecule has 258 valence electrons. The summed E-state index contributed by atoms with van der Waals surface area (Å²) in [5.74, 6) is 0. The van der Waals surface area contributed by atoms with E-state index in [-0.39, 0.29) is 5.41 Å². The zero-order valence-corrected chi connectivity index (χ0v) is 31.0. The zero-order valence-electron chi connectivity index (χ0n) is 31.0. The molecule has 0 fully saturated rings. The van der Waals surface area contributed by atoms with Crippen LogP contribution in [0.2, 0.25) is 0 Å². The number of rotatable bonds is 4. The first-order valence-corrected chi connectivity index (χ1v) is 19.3. The Morgan fingerprint density at radius 1 is 0.273 bits per heavy atom. The highest BCUT2D eigenvalue weighted by atomic mass is 14.4. The predicted molar refractivity (Wildman–Crippen MR) is 236 cm³/mol. The molecule has 0 unspecified atom stereocenters. The van der Waals surface area contributed by atoms with E-state index in [1.165, 1.54) is 110 Å². The Morgan fingerprint density at radius 2 is 0.745 bits per heavy atom. The van der Waals surface area contributed by atoms with Crippen LogP contribution in [0.1, 0.15) is 25.0 Å². The van der Waals surface area contributed by atoms with Gasteiger partial charge < -0.3 is 0 Å². The summed E-state index contributed by atoms with van der Waals surface area (Å²) in [7, 11) is 0. The van der Waals surface area contributed by atoms with Crippen LogP contribution < -0.4 is 0 Å². The second-order valence-electron chi connectivity index (χ2n) is 15.7. The van der Waals surface area contributed by atoms with Gasteiger partial charge in [-0.05, 0) is 128 Å². The fourth-order valence-electron chi connectivity index (χ4n) is 9.49. The molecule has 1 aliphatic rings. The lowest BCUT2D eigenvalue weighted by molar-refractivity contribution is 0.660. The van der Waals surface area contributed by atoms with Gasteiger partial charge in [0.1, 0.15) is 0 Å². The smallest absolute Gasteiger partial charge is 0.0159 e. The van der Waals surface area contributed by atoms with Gasteiger partial charge in [-0.3, -0.25) is 0 Å². The molecule has 0 radical (unpaired) electrons. The molecule has 0 aliphatic heterocycles. The molecule has 1 aliphatic carbocycles. The maximum atomic E-state index is 2.46. The minimum atomic E-state index is -0.0868. The molecular weight excluding hydrogens is 661 g/mol. The van der Waals surface area contributed by atoms with Gasteiger partial charge >= 0.3 is 0 Å². The molecule has 0 bridgehead atoms. The van der Waals surface area contributed by atoms with Crippen LogP contribution in [0.15, 0.2) is 194 Å². The van der Waals surface area contributed by atoms with E-state index in [2.05, 4.69) is 208 Å². The summed E-state index contributed by atoms with van der Waals surface area (Å²) in [4.78, 5) is 0. The van der Waals surface area contributed by atoms with Crippen molar-refractivity contribution in [2.75, 3.05) is 0 Å². The average molecular weight is 699 g/mol. The first kappa shape index (κ1) is 31.7. The van der Waals surface area contributed by atoms with Crippen LogP contribution in [0.25, 0.3) is 98.7 Å². The van der Waals surface area contributed by atoms with Gasteiger partial charge in [-0.1, -0.05) is 190 Å². The van der Waals surface area contributed by atoms with E-state index >= 15 is 0 Å². The number of fused-ring (bicyclic) bond motifs is 7. The highest BCUT2D eigenvalue weighted by Gasteiger charge is 2.37. The minimum absolute atomic E-state index is 0.0868. The molecule has 0 heterocycles. The highest BCUT2D eigenvalue weighted by molar-refractivity contribution is 6.23. The number of benzene rings is 10. The van der Waals surface area contributed by atoms with E-state index in [1.807, 2.05) is 0 Å². The number of hydrogen-bond acceptors (Lipinski definition) is 0. The van der Waals surface area contributed by atoms with Crippen LogP contribution in [0.3, 0.4) is 0 Å². The van der Waals surface area contributed by atoms with E-state index in [0.717, 1.165) is 0 Å². The Hall–Kier alpha value is -6.76. The lowest BCUT2D eigenvalue weighted by Gasteiger charge is -2.23. The molecule has 0 saturated heterocycles. The standard InChI is InChI=1S/C55H38/c1-55(2)50-20-10-9-18-47(50)54-48(19-11-21-51(54)55)53-45-17-8-7-16-44(45)52(38-26-22-37(23-27-38)41-28-24-35-12-3-5-14-39(35)32-41)46-31-30-43(34-49(46)53)42-29-25-36-13-4-6-15-40(36)33-42/h3-34H,1-2H3. The molecule has 0 saturated carbocycles. The van der Waals surface area contributed by atoms with Gasteiger partial charge in [0, 0.05) is 5.41 Å². The minimum Gasteiger partial charge on any atom is -0.0619 e. The van der Waals surface area contributed by atoms with Crippen LogP contribution in [0, 0.1) is 0 Å². The summed E-state index contributed by atoms with van der Waals surface area (Å²) in [6.07, 6.45) is 0. The third kappa shape index (κ3) is 4.92. The van der Waals surface area contributed by atoms with Crippen LogP contribution in [-0.2, 0) is 5.41 Å². The first-order valence-electron chi connectivity index (χ1n) is 19.3. The Bertz CT molecular complexity index is 3160. The Labute approximate surface area is 322 Å². The molecule has 10 aromatic carbocycles. The largest absolute Gasteiger partial charge is 0.0619 e. The summed E-state index contributed by atoms with van der Waals surface area (Å²) in [6, 6.07) is 72.3. The molecule has 10 aromatic rings. The normalized spacial score (nSPS) is 13.1. The van der Waals surface area contributed by atoms with Crippen molar-refractivity contribution in [2.24, 2.45) is 0 Å². The van der Waals surface area contributed by atoms with Gasteiger partial charge in [-0.25, -0.2) is 0 Å². The second kappa shape index (κ2) is 12.1. The highest BCUT2D eigenvalue weighted by Crippen LogP contribution is 2.54. The average Bonchev–Trinajstić information content (AvgIpc) is 3.48. The van der Waals surface area contributed by atoms with Crippen molar-refractivity contribution < 1.29 is 0 Å². The van der Waals surface area contributed by atoms with E-state index in [9.17, 15) is 0 Å². The fourth-order valence-corrected chi connectivity index (χ4v) is 9.49. The van der Waals surface area contributed by atoms with Crippen molar-refractivity contribution in [3.63, 3.8) is 0 Å². The Balaban J connectivity index is 1.19. The summed E-state index contributed by atoms with van der Waals surface area (Å²) in [5.41, 5.74) is 15.4. The topological polar surface area (TPSA) is 0 Å². The van der Waals surface area contributed by atoms with Crippen molar-refractivity contribution in [2.45, 2.75) is 19.3 Å². The summed E-state index contributed by atoms with van der Waals surface area (Å²) < 4.78 is 0. The van der Waals surface area contributed by atoms with Crippen molar-refractivity contribution in [1.82, 2.24) is 0 Å². The van der Waals surface area contributed by atoms with Crippen molar-refractivity contribution in [3.8, 4) is 55.6 Å². The van der Waals surface area contributed by atoms with Gasteiger partial charge in [0.25, 0.3) is 0 Å². The van der Waals surface area contributed by atoms with E-state index in [0.29, 0.717) is 0 Å². The molecule has 11 rings (SSSR count). The summed E-state index contributed by atoms with van der Waals surface area (Å²) >= 11 is 0. The Kier molecular flexibility index (Phi) is 7.00.